The second-order valence-corrected chi connectivity index (χ2v) is 6.06. The van der Waals surface area contributed by atoms with Gasteiger partial charge in [0.2, 0.25) is 0 Å². The van der Waals surface area contributed by atoms with Gasteiger partial charge in [0.1, 0.15) is 5.52 Å². The van der Waals surface area contributed by atoms with Gasteiger partial charge in [0.05, 0.1) is 14.7 Å². The molecule has 80 valence electrons. The Morgan fingerprint density at radius 2 is 2.00 bits per heavy atom. The number of hydrogen-bond acceptors (Lipinski definition) is 3. The number of nitrogen functional groups attached to an aromatic ring is 1. The van der Waals surface area contributed by atoms with E-state index in [0.717, 1.165) is 15.2 Å². The van der Waals surface area contributed by atoms with Gasteiger partial charge in [-0.3, -0.25) is 0 Å². The van der Waals surface area contributed by atoms with Crippen LogP contribution in [-0.4, -0.2) is 4.98 Å². The van der Waals surface area contributed by atoms with Crippen molar-refractivity contribution in [3.63, 3.8) is 0 Å². The fraction of sp³-hybridized carbons (Fsp3) is 0.364. The Bertz CT molecular complexity index is 511. The molecule has 0 radical (unpaired) electrons. The molecule has 2 aromatic rings. The molecule has 4 heteroatoms. The van der Waals surface area contributed by atoms with E-state index in [9.17, 15) is 0 Å². The molecule has 15 heavy (non-hydrogen) atoms. The minimum Gasteiger partial charge on any atom is -0.399 e. The van der Waals surface area contributed by atoms with E-state index in [1.807, 2.05) is 6.07 Å². The van der Waals surface area contributed by atoms with Crippen molar-refractivity contribution in [2.45, 2.75) is 26.2 Å². The van der Waals surface area contributed by atoms with Gasteiger partial charge in [0, 0.05) is 11.1 Å². The zero-order valence-electron chi connectivity index (χ0n) is 8.97. The number of aromatic nitrogens is 1. The summed E-state index contributed by atoms with van der Waals surface area (Å²) in [6.07, 6.45) is 0. The summed E-state index contributed by atoms with van der Waals surface area (Å²) >= 11 is 7.75. The lowest BCUT2D eigenvalue weighted by atomic mass is 9.98. The van der Waals surface area contributed by atoms with E-state index in [1.165, 1.54) is 0 Å². The molecule has 2 nitrogen and oxygen atoms in total. The van der Waals surface area contributed by atoms with Gasteiger partial charge in [-0.1, -0.05) is 32.4 Å². The number of nitrogens with zero attached hydrogens (tertiary/aromatic N) is 1. The zero-order chi connectivity index (χ0) is 11.2. The Kier molecular flexibility index (Phi) is 2.40. The molecule has 0 spiro atoms. The van der Waals surface area contributed by atoms with Crippen LogP contribution in [0.25, 0.3) is 10.2 Å². The summed E-state index contributed by atoms with van der Waals surface area (Å²) in [4.78, 5) is 4.56. The van der Waals surface area contributed by atoms with Crippen molar-refractivity contribution in [1.82, 2.24) is 4.98 Å². The summed E-state index contributed by atoms with van der Waals surface area (Å²) < 4.78 is 1.06. The Balaban J connectivity index is 2.71. The van der Waals surface area contributed by atoms with E-state index in [0.29, 0.717) is 10.7 Å². The quantitative estimate of drug-likeness (QED) is 0.711. The van der Waals surface area contributed by atoms with Crippen LogP contribution in [-0.2, 0) is 5.41 Å². The van der Waals surface area contributed by atoms with Crippen LogP contribution in [0.5, 0.6) is 0 Å². The number of halogens is 1. The lowest BCUT2D eigenvalue weighted by Gasteiger charge is -2.13. The molecule has 0 amide bonds. The number of hydrogen-bond donors (Lipinski definition) is 1. The highest BCUT2D eigenvalue weighted by Crippen LogP contribution is 2.35. The normalized spacial score (nSPS) is 12.3. The van der Waals surface area contributed by atoms with Gasteiger partial charge in [-0.25, -0.2) is 4.98 Å². The maximum atomic E-state index is 6.09. The fourth-order valence-corrected chi connectivity index (χ4v) is 2.75. The van der Waals surface area contributed by atoms with Crippen molar-refractivity contribution in [2.75, 3.05) is 5.73 Å². The van der Waals surface area contributed by atoms with E-state index in [1.54, 1.807) is 17.4 Å². The van der Waals surface area contributed by atoms with Crippen LogP contribution in [0.2, 0.25) is 5.02 Å². The Morgan fingerprint density at radius 1 is 1.33 bits per heavy atom. The third kappa shape index (κ3) is 1.94. The van der Waals surface area contributed by atoms with Crippen LogP contribution in [0.1, 0.15) is 25.8 Å². The van der Waals surface area contributed by atoms with Crippen LogP contribution in [0, 0.1) is 0 Å². The summed E-state index contributed by atoms with van der Waals surface area (Å²) in [6.45, 7) is 6.42. The molecule has 0 fully saturated rings. The summed E-state index contributed by atoms with van der Waals surface area (Å²) in [6, 6.07) is 3.67. The highest BCUT2D eigenvalue weighted by molar-refractivity contribution is 7.18. The Hall–Kier alpha value is -0.800. The first-order valence-electron chi connectivity index (χ1n) is 4.74. The third-order valence-electron chi connectivity index (χ3n) is 2.11. The molecule has 0 saturated heterocycles. The minimum atomic E-state index is 0.0573. The smallest absolute Gasteiger partial charge is 0.100 e. The average molecular weight is 241 g/mol. The van der Waals surface area contributed by atoms with Crippen LogP contribution < -0.4 is 5.73 Å². The summed E-state index contributed by atoms with van der Waals surface area (Å²) in [5, 5.41) is 1.72. The highest BCUT2D eigenvalue weighted by atomic mass is 35.5. The van der Waals surface area contributed by atoms with Crippen LogP contribution in [0.3, 0.4) is 0 Å². The average Bonchev–Trinajstić information content (AvgIpc) is 2.46. The van der Waals surface area contributed by atoms with Crippen LogP contribution >= 0.6 is 22.9 Å². The van der Waals surface area contributed by atoms with E-state index < -0.39 is 0 Å². The minimum absolute atomic E-state index is 0.0573. The molecule has 0 aliphatic carbocycles. The number of thiazole rings is 1. The standard InChI is InChI=1S/C11H13ClN2S/c1-11(2,3)10-14-9-7(12)4-6(13)5-8(9)15-10/h4-5H,13H2,1-3H3. The number of fused-ring (bicyclic) bond motifs is 1. The summed E-state index contributed by atoms with van der Waals surface area (Å²) in [5.41, 5.74) is 7.35. The van der Waals surface area contributed by atoms with E-state index >= 15 is 0 Å². The molecule has 0 aliphatic heterocycles. The second kappa shape index (κ2) is 3.35. The Morgan fingerprint density at radius 3 is 2.60 bits per heavy atom. The number of nitrogens with two attached hydrogens (primary N) is 1. The first-order chi connectivity index (χ1) is 6.88. The lowest BCUT2D eigenvalue weighted by molar-refractivity contribution is 0.587. The molecule has 0 saturated carbocycles. The molecular weight excluding hydrogens is 228 g/mol. The number of rotatable bonds is 0. The molecule has 2 rings (SSSR count). The van der Waals surface area contributed by atoms with Crippen molar-refractivity contribution in [1.29, 1.82) is 0 Å². The van der Waals surface area contributed by atoms with Crippen molar-refractivity contribution in [3.05, 3.63) is 22.2 Å². The van der Waals surface area contributed by atoms with Crippen LogP contribution in [0.15, 0.2) is 12.1 Å². The van der Waals surface area contributed by atoms with Gasteiger partial charge < -0.3 is 5.73 Å². The van der Waals surface area contributed by atoms with Gasteiger partial charge in [-0.2, -0.15) is 0 Å². The molecule has 1 aromatic carbocycles. The predicted octanol–water partition coefficient (Wildman–Crippen LogP) is 3.83. The molecule has 0 atom stereocenters. The topological polar surface area (TPSA) is 38.9 Å². The lowest BCUT2D eigenvalue weighted by Crippen LogP contribution is -2.09. The molecule has 0 unspecified atom stereocenters. The molecule has 1 aromatic heterocycles. The van der Waals surface area contributed by atoms with Crippen molar-refractivity contribution < 1.29 is 0 Å². The molecule has 0 aliphatic rings. The van der Waals surface area contributed by atoms with Crippen molar-refractivity contribution in [2.24, 2.45) is 0 Å². The van der Waals surface area contributed by atoms with E-state index in [4.69, 9.17) is 17.3 Å². The second-order valence-electron chi connectivity index (χ2n) is 4.62. The van der Waals surface area contributed by atoms with E-state index in [-0.39, 0.29) is 5.41 Å². The SMILES string of the molecule is CC(C)(C)c1nc2c(Cl)cc(N)cc2s1. The highest BCUT2D eigenvalue weighted by Gasteiger charge is 2.19. The third-order valence-corrected chi connectivity index (χ3v) is 3.83. The van der Waals surface area contributed by atoms with Crippen molar-refractivity contribution in [3.8, 4) is 0 Å². The molecule has 1 heterocycles. The van der Waals surface area contributed by atoms with Gasteiger partial charge >= 0.3 is 0 Å². The monoisotopic (exact) mass is 240 g/mol. The van der Waals surface area contributed by atoms with Crippen molar-refractivity contribution >= 4 is 38.8 Å². The number of anilines is 1. The summed E-state index contributed by atoms with van der Waals surface area (Å²) in [5.74, 6) is 0. The largest absolute Gasteiger partial charge is 0.399 e. The fourth-order valence-electron chi connectivity index (χ4n) is 1.33. The van der Waals surface area contributed by atoms with Crippen LogP contribution in [0.4, 0.5) is 5.69 Å². The van der Waals surface area contributed by atoms with Gasteiger partial charge in [0.25, 0.3) is 0 Å². The molecule has 0 bridgehead atoms. The summed E-state index contributed by atoms with van der Waals surface area (Å²) in [7, 11) is 0. The predicted molar refractivity (Wildman–Crippen MR) is 67.7 cm³/mol. The first-order valence-corrected chi connectivity index (χ1v) is 5.93. The molecular formula is C11H13ClN2S. The van der Waals surface area contributed by atoms with Gasteiger partial charge in [0.15, 0.2) is 0 Å². The van der Waals surface area contributed by atoms with E-state index in [2.05, 4.69) is 25.8 Å². The first kappa shape index (κ1) is 10.7. The Labute approximate surface area is 98.1 Å². The van der Waals surface area contributed by atoms with Gasteiger partial charge in [-0.05, 0) is 12.1 Å². The maximum Gasteiger partial charge on any atom is 0.100 e. The number of benzene rings is 1. The van der Waals surface area contributed by atoms with Gasteiger partial charge in [-0.15, -0.1) is 11.3 Å². The molecule has 2 N–H and O–H groups in total. The zero-order valence-corrected chi connectivity index (χ0v) is 10.5. The maximum absolute atomic E-state index is 6.09.